The molecule has 4 nitrogen and oxygen atoms in total. The third-order valence-corrected chi connectivity index (χ3v) is 2.85. The van der Waals surface area contributed by atoms with Gasteiger partial charge in [0.2, 0.25) is 5.91 Å². The Labute approximate surface area is 115 Å². The standard InChI is InChI=1S/C15H24N2O2/c1-10(2)16-7-5-6-14(18)17-13-9-11(3)8-12(4)15(13)19/h8-10,16,19H,5-7H2,1-4H3,(H,17,18). The molecule has 4 heteroatoms. The number of rotatable bonds is 6. The molecule has 0 spiro atoms. The summed E-state index contributed by atoms with van der Waals surface area (Å²) in [5, 5.41) is 15.9. The zero-order valence-corrected chi connectivity index (χ0v) is 12.2. The minimum atomic E-state index is -0.0640. The lowest BCUT2D eigenvalue weighted by Crippen LogP contribution is -2.24. The van der Waals surface area contributed by atoms with Gasteiger partial charge in [0.15, 0.2) is 0 Å². The number of hydrogen-bond acceptors (Lipinski definition) is 3. The van der Waals surface area contributed by atoms with Gasteiger partial charge in [-0.3, -0.25) is 4.79 Å². The van der Waals surface area contributed by atoms with Gasteiger partial charge >= 0.3 is 0 Å². The van der Waals surface area contributed by atoms with Crippen molar-refractivity contribution in [3.8, 4) is 5.75 Å². The first-order chi connectivity index (χ1) is 8.90. The largest absolute Gasteiger partial charge is 0.505 e. The predicted octanol–water partition coefficient (Wildman–Crippen LogP) is 2.73. The first kappa shape index (κ1) is 15.5. The van der Waals surface area contributed by atoms with Gasteiger partial charge < -0.3 is 15.7 Å². The van der Waals surface area contributed by atoms with E-state index in [2.05, 4.69) is 24.5 Å². The molecule has 0 aromatic heterocycles. The number of amides is 1. The van der Waals surface area contributed by atoms with Crippen molar-refractivity contribution in [2.75, 3.05) is 11.9 Å². The van der Waals surface area contributed by atoms with Gasteiger partial charge in [0.1, 0.15) is 5.75 Å². The van der Waals surface area contributed by atoms with E-state index in [9.17, 15) is 9.90 Å². The number of aryl methyl sites for hydroxylation is 2. The summed E-state index contributed by atoms with van der Waals surface area (Å²) in [5.41, 5.74) is 2.29. The molecule has 0 bridgehead atoms. The SMILES string of the molecule is Cc1cc(C)c(O)c(NC(=O)CCCNC(C)C)c1. The van der Waals surface area contributed by atoms with E-state index in [1.807, 2.05) is 19.9 Å². The molecule has 19 heavy (non-hydrogen) atoms. The van der Waals surface area contributed by atoms with Crippen LogP contribution in [0.4, 0.5) is 5.69 Å². The van der Waals surface area contributed by atoms with Gasteiger partial charge in [0, 0.05) is 12.5 Å². The number of phenolic OH excluding ortho intramolecular Hbond substituents is 1. The first-order valence-corrected chi connectivity index (χ1v) is 6.73. The van der Waals surface area contributed by atoms with Gasteiger partial charge in [-0.25, -0.2) is 0 Å². The number of carbonyl (C=O) groups is 1. The van der Waals surface area contributed by atoms with Crippen LogP contribution >= 0.6 is 0 Å². The summed E-state index contributed by atoms with van der Waals surface area (Å²) >= 11 is 0. The van der Waals surface area contributed by atoms with Crippen molar-refractivity contribution in [1.82, 2.24) is 5.32 Å². The lowest BCUT2D eigenvalue weighted by atomic mass is 10.1. The molecular formula is C15H24N2O2. The molecule has 0 fully saturated rings. The lowest BCUT2D eigenvalue weighted by molar-refractivity contribution is -0.116. The number of carbonyl (C=O) groups excluding carboxylic acids is 1. The zero-order chi connectivity index (χ0) is 14.4. The molecule has 0 radical (unpaired) electrons. The number of benzene rings is 1. The van der Waals surface area contributed by atoms with Crippen LogP contribution in [-0.2, 0) is 4.79 Å². The van der Waals surface area contributed by atoms with E-state index in [4.69, 9.17) is 0 Å². The number of anilines is 1. The Morgan fingerprint density at radius 2 is 2.00 bits per heavy atom. The van der Waals surface area contributed by atoms with Gasteiger partial charge in [-0.05, 0) is 44.0 Å². The third kappa shape index (κ3) is 5.30. The monoisotopic (exact) mass is 264 g/mol. The average molecular weight is 264 g/mol. The molecular weight excluding hydrogens is 240 g/mol. The highest BCUT2D eigenvalue weighted by Crippen LogP contribution is 2.28. The molecule has 0 aliphatic heterocycles. The van der Waals surface area contributed by atoms with Gasteiger partial charge in [-0.15, -0.1) is 0 Å². The van der Waals surface area contributed by atoms with E-state index >= 15 is 0 Å². The second kappa shape index (κ2) is 7.14. The smallest absolute Gasteiger partial charge is 0.224 e. The third-order valence-electron chi connectivity index (χ3n) is 2.85. The molecule has 0 atom stereocenters. The van der Waals surface area contributed by atoms with Gasteiger partial charge in [-0.1, -0.05) is 19.9 Å². The average Bonchev–Trinajstić information content (AvgIpc) is 2.31. The van der Waals surface area contributed by atoms with E-state index in [-0.39, 0.29) is 11.7 Å². The minimum absolute atomic E-state index is 0.0640. The van der Waals surface area contributed by atoms with E-state index < -0.39 is 0 Å². The fourth-order valence-corrected chi connectivity index (χ4v) is 1.91. The number of phenols is 1. The molecule has 1 aromatic carbocycles. The van der Waals surface area contributed by atoms with Gasteiger partial charge in [-0.2, -0.15) is 0 Å². The highest BCUT2D eigenvalue weighted by Gasteiger charge is 2.09. The quantitative estimate of drug-likeness (QED) is 0.547. The van der Waals surface area contributed by atoms with Crippen LogP contribution in [0.25, 0.3) is 0 Å². The topological polar surface area (TPSA) is 61.4 Å². The summed E-state index contributed by atoms with van der Waals surface area (Å²) in [5.74, 6) is 0.0881. The molecule has 1 rings (SSSR count). The van der Waals surface area contributed by atoms with Crippen molar-refractivity contribution >= 4 is 11.6 Å². The normalized spacial score (nSPS) is 10.8. The van der Waals surface area contributed by atoms with Crippen LogP contribution in [0.5, 0.6) is 5.75 Å². The summed E-state index contributed by atoms with van der Waals surface area (Å²) in [7, 11) is 0. The highest BCUT2D eigenvalue weighted by molar-refractivity contribution is 5.92. The Balaban J connectivity index is 2.49. The minimum Gasteiger partial charge on any atom is -0.505 e. The number of hydrogen-bond donors (Lipinski definition) is 3. The summed E-state index contributed by atoms with van der Waals surface area (Å²) < 4.78 is 0. The van der Waals surface area contributed by atoms with Crippen LogP contribution in [0, 0.1) is 13.8 Å². The molecule has 0 aliphatic rings. The van der Waals surface area contributed by atoms with Crippen molar-refractivity contribution in [1.29, 1.82) is 0 Å². The van der Waals surface area contributed by atoms with E-state index in [0.29, 0.717) is 18.2 Å². The first-order valence-electron chi connectivity index (χ1n) is 6.73. The molecule has 0 saturated heterocycles. The summed E-state index contributed by atoms with van der Waals surface area (Å²) in [6.45, 7) is 8.74. The van der Waals surface area contributed by atoms with Crippen molar-refractivity contribution in [2.45, 2.75) is 46.6 Å². The summed E-state index contributed by atoms with van der Waals surface area (Å²) in [6.07, 6.45) is 1.24. The van der Waals surface area contributed by atoms with Crippen molar-refractivity contribution < 1.29 is 9.90 Å². The van der Waals surface area contributed by atoms with E-state index in [1.54, 1.807) is 6.07 Å². The second-order valence-corrected chi connectivity index (χ2v) is 5.24. The van der Waals surface area contributed by atoms with Crippen LogP contribution in [0.2, 0.25) is 0 Å². The van der Waals surface area contributed by atoms with Crippen molar-refractivity contribution in [3.05, 3.63) is 23.3 Å². The van der Waals surface area contributed by atoms with E-state index in [0.717, 1.165) is 24.1 Å². The molecule has 0 unspecified atom stereocenters. The zero-order valence-electron chi connectivity index (χ0n) is 12.2. The van der Waals surface area contributed by atoms with Crippen LogP contribution in [0.1, 0.15) is 37.8 Å². The van der Waals surface area contributed by atoms with Crippen molar-refractivity contribution in [3.63, 3.8) is 0 Å². The Morgan fingerprint density at radius 1 is 1.32 bits per heavy atom. The Bertz CT molecular complexity index is 442. The molecule has 1 aromatic rings. The molecule has 0 saturated carbocycles. The van der Waals surface area contributed by atoms with E-state index in [1.165, 1.54) is 0 Å². The molecule has 0 aliphatic carbocycles. The molecule has 3 N–H and O–H groups in total. The van der Waals surface area contributed by atoms with Crippen LogP contribution in [0.3, 0.4) is 0 Å². The highest BCUT2D eigenvalue weighted by atomic mass is 16.3. The second-order valence-electron chi connectivity index (χ2n) is 5.24. The number of nitrogens with one attached hydrogen (secondary N) is 2. The fourth-order valence-electron chi connectivity index (χ4n) is 1.91. The molecule has 106 valence electrons. The maximum Gasteiger partial charge on any atom is 0.224 e. The van der Waals surface area contributed by atoms with Gasteiger partial charge in [0.05, 0.1) is 5.69 Å². The van der Waals surface area contributed by atoms with Gasteiger partial charge in [0.25, 0.3) is 0 Å². The lowest BCUT2D eigenvalue weighted by Gasteiger charge is -2.11. The van der Waals surface area contributed by atoms with Crippen LogP contribution in [-0.4, -0.2) is 23.6 Å². The Hall–Kier alpha value is -1.55. The number of aromatic hydroxyl groups is 1. The maximum atomic E-state index is 11.8. The summed E-state index contributed by atoms with van der Waals surface area (Å²) in [6, 6.07) is 4.11. The van der Waals surface area contributed by atoms with Crippen LogP contribution < -0.4 is 10.6 Å². The molecule has 1 amide bonds. The summed E-state index contributed by atoms with van der Waals surface area (Å²) in [4.78, 5) is 11.8. The maximum absolute atomic E-state index is 11.8. The Kier molecular flexibility index (Phi) is 5.83. The fraction of sp³-hybridized carbons (Fsp3) is 0.533. The van der Waals surface area contributed by atoms with Crippen molar-refractivity contribution in [2.24, 2.45) is 0 Å². The van der Waals surface area contributed by atoms with Crippen LogP contribution in [0.15, 0.2) is 12.1 Å². The predicted molar refractivity (Wildman–Crippen MR) is 78.6 cm³/mol. The molecule has 0 heterocycles. The Morgan fingerprint density at radius 3 is 2.63 bits per heavy atom.